The molecule has 0 amide bonds. The van der Waals surface area contributed by atoms with Gasteiger partial charge in [-0.25, -0.2) is 24.3 Å². The first-order valence-corrected chi connectivity index (χ1v) is 12.1. The predicted octanol–water partition coefficient (Wildman–Crippen LogP) is -0.825. The van der Waals surface area contributed by atoms with Gasteiger partial charge in [-0.2, -0.15) is 36.4 Å². The topological polar surface area (TPSA) is 9.23 Å². The van der Waals surface area contributed by atoms with Crippen LogP contribution in [0, 0.1) is 0 Å². The molecule has 130 valence electrons. The fourth-order valence-electron chi connectivity index (χ4n) is 1.55. The Bertz CT molecular complexity index is 375. The molecule has 1 unspecified atom stereocenters. The van der Waals surface area contributed by atoms with Crippen molar-refractivity contribution >= 4 is 11.5 Å². The maximum Gasteiger partial charge on any atom is -0.172 e. The van der Waals surface area contributed by atoms with Crippen LogP contribution in [0.3, 0.4) is 0 Å². The van der Waals surface area contributed by atoms with Crippen LogP contribution in [0.5, 0.6) is 0 Å². The van der Waals surface area contributed by atoms with E-state index in [0.717, 1.165) is 6.42 Å². The summed E-state index contributed by atoms with van der Waals surface area (Å²) in [7, 11) is -1.31. The quantitative estimate of drug-likeness (QED) is 0.437. The van der Waals surface area contributed by atoms with Crippen molar-refractivity contribution < 1.29 is 53.5 Å². The first-order valence-electron chi connectivity index (χ1n) is 7.43. The Morgan fingerprint density at radius 2 is 1.30 bits per heavy atom. The minimum absolute atomic E-state index is 0. The van der Waals surface area contributed by atoms with Crippen LogP contribution in [-0.4, -0.2) is 17.6 Å². The van der Waals surface area contributed by atoms with Gasteiger partial charge in [-0.05, 0) is 0 Å². The van der Waals surface area contributed by atoms with E-state index in [1.165, 1.54) is 27.4 Å². The molecule has 0 saturated carbocycles. The molecule has 1 atom stereocenters. The largest absolute Gasteiger partial charge is 1.00 e. The van der Waals surface area contributed by atoms with Gasteiger partial charge in [-0.1, -0.05) is 0 Å². The minimum Gasteiger partial charge on any atom is -1.00 e. The third-order valence-corrected chi connectivity index (χ3v) is 4.24. The maximum atomic E-state index is 5.97. The maximum absolute atomic E-state index is 5.97. The van der Waals surface area contributed by atoms with Gasteiger partial charge in [0.05, 0.1) is 0 Å². The van der Waals surface area contributed by atoms with E-state index in [9.17, 15) is 0 Å². The molecule has 0 heterocycles. The molecule has 23 heavy (non-hydrogen) atoms. The van der Waals surface area contributed by atoms with E-state index in [1.54, 1.807) is 0 Å². The second-order valence-corrected chi connectivity index (χ2v) is 12.1. The molecule has 2 rings (SSSR count). The van der Waals surface area contributed by atoms with Gasteiger partial charge in [0, 0.05) is 0 Å². The van der Waals surface area contributed by atoms with Crippen LogP contribution in [0.4, 0.5) is 0 Å². The molecule has 2 aromatic carbocycles. The standard InChI is InChI=1S/C8H18OSi.2C5H5.2ClH.Zr/c1-6-8(7-2)9-10(3,4)5;2*1-2-4-5-3-1;;;/h8H,6H2,1-5H3;2*1-5H;2*1H;/q;2*-1;;;+2/p-2. The second kappa shape index (κ2) is 17.0. The van der Waals surface area contributed by atoms with Crippen LogP contribution in [0.1, 0.15) is 20.3 Å². The Morgan fingerprint density at radius 1 is 0.957 bits per heavy atom. The van der Waals surface area contributed by atoms with Gasteiger partial charge in [-0.15, -0.1) is 0 Å². The Kier molecular flexibility index (Phi) is 20.8. The molecule has 0 aromatic heterocycles. The monoisotopic (exact) mass is 448 g/mol. The summed E-state index contributed by atoms with van der Waals surface area (Å²) in [6.07, 6.45) is 1.56. The fourth-order valence-corrected chi connectivity index (χ4v) is 3.68. The van der Waals surface area contributed by atoms with Gasteiger partial charge < -0.3 is 24.8 Å². The average molecular weight is 451 g/mol. The van der Waals surface area contributed by atoms with Crippen LogP contribution in [0.2, 0.25) is 19.6 Å². The van der Waals surface area contributed by atoms with E-state index in [1.807, 2.05) is 60.7 Å². The third-order valence-electron chi connectivity index (χ3n) is 2.46. The summed E-state index contributed by atoms with van der Waals surface area (Å²) in [5.74, 6) is 0. The van der Waals surface area contributed by atoms with Crippen molar-refractivity contribution in [3.8, 4) is 0 Å². The van der Waals surface area contributed by atoms with Gasteiger partial charge in [-0.3, -0.25) is 0 Å². The van der Waals surface area contributed by atoms with Gasteiger partial charge in [0.25, 0.3) is 0 Å². The smallest absolute Gasteiger partial charge is 0.172 e. The van der Waals surface area contributed by atoms with Crippen molar-refractivity contribution in [2.75, 3.05) is 0 Å². The summed E-state index contributed by atoms with van der Waals surface area (Å²) < 4.78 is 7.46. The SMILES string of the molecule is CCC(O[Si](C)(C)C)[C](C)=[Zr+2].[Cl-].[Cl-].c1cc[cH-]c1.c1cc[cH-]c1. The van der Waals surface area contributed by atoms with Crippen molar-refractivity contribution in [1.82, 2.24) is 0 Å². The Hall–Kier alpha value is 0.210. The van der Waals surface area contributed by atoms with Gasteiger partial charge in [0.2, 0.25) is 0 Å². The van der Waals surface area contributed by atoms with Crippen LogP contribution >= 0.6 is 0 Å². The van der Waals surface area contributed by atoms with Crippen molar-refractivity contribution in [2.24, 2.45) is 0 Å². The van der Waals surface area contributed by atoms with Gasteiger partial charge >= 0.3 is 86.2 Å². The summed E-state index contributed by atoms with van der Waals surface area (Å²) >= 11 is 1.51. The van der Waals surface area contributed by atoms with Crippen LogP contribution in [0.15, 0.2) is 60.7 Å². The molecule has 0 fully saturated rings. The van der Waals surface area contributed by atoms with Crippen molar-refractivity contribution in [2.45, 2.75) is 46.0 Å². The number of halogens is 2. The summed E-state index contributed by atoms with van der Waals surface area (Å²) in [4.78, 5) is 0. The molecule has 2 aromatic rings. The van der Waals surface area contributed by atoms with E-state index in [0.29, 0.717) is 6.10 Å². The Labute approximate surface area is 170 Å². The average Bonchev–Trinajstić information content (AvgIpc) is 3.10. The number of rotatable bonds is 4. The Balaban J connectivity index is -0.000000278. The molecule has 5 heteroatoms. The molecule has 0 aliphatic rings. The van der Waals surface area contributed by atoms with Gasteiger partial charge in [0.15, 0.2) is 0 Å². The third kappa shape index (κ3) is 20.2. The van der Waals surface area contributed by atoms with Crippen molar-refractivity contribution in [1.29, 1.82) is 0 Å². The van der Waals surface area contributed by atoms with Crippen LogP contribution in [-0.2, 0) is 28.7 Å². The molecule has 0 N–H and O–H groups in total. The van der Waals surface area contributed by atoms with E-state index >= 15 is 0 Å². The summed E-state index contributed by atoms with van der Waals surface area (Å²) in [5, 5.41) is 0. The molecule has 0 aliphatic carbocycles. The normalized spacial score (nSPS) is 10.6. The molecule has 0 aliphatic heterocycles. The molecular formula is C18H28Cl2OSiZr-2. The Morgan fingerprint density at radius 3 is 1.39 bits per heavy atom. The van der Waals surface area contributed by atoms with Crippen molar-refractivity contribution in [3.63, 3.8) is 0 Å². The molecule has 0 spiro atoms. The summed E-state index contributed by atoms with van der Waals surface area (Å²) in [5.41, 5.74) is 0. The molecule has 1 nitrogen and oxygen atoms in total. The molecular weight excluding hydrogens is 422 g/mol. The zero-order valence-corrected chi connectivity index (χ0v) is 19.7. The zero-order valence-electron chi connectivity index (χ0n) is 14.7. The van der Waals surface area contributed by atoms with E-state index in [-0.39, 0.29) is 24.8 Å². The summed E-state index contributed by atoms with van der Waals surface area (Å²) in [6.45, 7) is 11.1. The van der Waals surface area contributed by atoms with E-state index < -0.39 is 8.32 Å². The number of hydrogen-bond acceptors (Lipinski definition) is 1. The molecule has 0 radical (unpaired) electrons. The molecule has 0 bridgehead atoms. The van der Waals surface area contributed by atoms with Gasteiger partial charge in [0.1, 0.15) is 0 Å². The first-order chi connectivity index (χ1) is 9.87. The van der Waals surface area contributed by atoms with E-state index in [2.05, 4.69) is 33.5 Å². The van der Waals surface area contributed by atoms with Crippen molar-refractivity contribution in [3.05, 3.63) is 60.7 Å². The van der Waals surface area contributed by atoms with E-state index in [4.69, 9.17) is 4.43 Å². The zero-order chi connectivity index (χ0) is 16.1. The minimum atomic E-state index is -1.31. The second-order valence-electron chi connectivity index (χ2n) is 5.73. The summed E-state index contributed by atoms with van der Waals surface area (Å²) in [6, 6.07) is 20.0. The number of hydrogen-bond donors (Lipinski definition) is 0. The van der Waals surface area contributed by atoms with Crippen LogP contribution in [0.25, 0.3) is 0 Å². The predicted molar refractivity (Wildman–Crippen MR) is 93.3 cm³/mol. The fraction of sp³-hybridized carbons (Fsp3) is 0.389. The van der Waals surface area contributed by atoms with Crippen LogP contribution < -0.4 is 24.8 Å². The molecule has 0 saturated heterocycles. The first kappa shape index (κ1) is 28.0.